The van der Waals surface area contributed by atoms with Gasteiger partial charge in [0.25, 0.3) is 0 Å². The molecule has 2 N–H and O–H groups in total. The van der Waals surface area contributed by atoms with Crippen LogP contribution in [-0.4, -0.2) is 60.2 Å². The van der Waals surface area contributed by atoms with Crippen LogP contribution in [0.3, 0.4) is 0 Å². The smallest absolute Gasteiger partial charge is 0.191 e. The van der Waals surface area contributed by atoms with Gasteiger partial charge in [0, 0.05) is 44.7 Å². The van der Waals surface area contributed by atoms with Crippen LogP contribution < -0.4 is 10.6 Å². The third-order valence-corrected chi connectivity index (χ3v) is 6.31. The van der Waals surface area contributed by atoms with Crippen molar-refractivity contribution in [3.63, 3.8) is 0 Å². The van der Waals surface area contributed by atoms with E-state index < -0.39 is 0 Å². The Morgan fingerprint density at radius 1 is 1.31 bits per heavy atom. The maximum Gasteiger partial charge on any atom is 0.191 e. The Morgan fingerprint density at radius 3 is 2.81 bits per heavy atom. The van der Waals surface area contributed by atoms with Crippen LogP contribution >= 0.6 is 0 Å². The van der Waals surface area contributed by atoms with E-state index in [9.17, 15) is 4.39 Å². The fourth-order valence-corrected chi connectivity index (χ4v) is 4.52. The van der Waals surface area contributed by atoms with Gasteiger partial charge < -0.3 is 20.1 Å². The van der Waals surface area contributed by atoms with E-state index in [0.29, 0.717) is 26.4 Å². The van der Waals surface area contributed by atoms with Crippen molar-refractivity contribution in [3.05, 3.63) is 47.3 Å². The molecule has 9 heteroatoms. The lowest BCUT2D eigenvalue weighted by Crippen LogP contribution is -2.48. The molecule has 0 saturated carbocycles. The van der Waals surface area contributed by atoms with Crippen molar-refractivity contribution in [2.45, 2.75) is 57.2 Å². The Morgan fingerprint density at radius 2 is 2.09 bits per heavy atom. The molecule has 2 aliphatic heterocycles. The fraction of sp³-hybridized carbons (Fsp3) is 0.609. The first-order valence-electron chi connectivity index (χ1n) is 11.4. The van der Waals surface area contributed by atoms with Crippen LogP contribution in [0, 0.1) is 5.82 Å². The number of hydrogen-bond donors (Lipinski definition) is 2. The molecule has 174 valence electrons. The monoisotopic (exact) mass is 444 g/mol. The Bertz CT molecular complexity index is 908. The van der Waals surface area contributed by atoms with E-state index in [-0.39, 0.29) is 17.3 Å². The third kappa shape index (κ3) is 5.27. The number of aromatic nitrogens is 3. The molecule has 8 nitrogen and oxygen atoms in total. The van der Waals surface area contributed by atoms with E-state index >= 15 is 0 Å². The molecule has 3 heterocycles. The van der Waals surface area contributed by atoms with Crippen LogP contribution in [0.15, 0.2) is 29.3 Å². The van der Waals surface area contributed by atoms with E-state index in [0.717, 1.165) is 61.9 Å². The van der Waals surface area contributed by atoms with E-state index in [4.69, 9.17) is 14.5 Å². The zero-order valence-corrected chi connectivity index (χ0v) is 18.9. The lowest BCUT2D eigenvalue weighted by molar-refractivity contribution is 0.0530. The molecule has 1 unspecified atom stereocenters. The van der Waals surface area contributed by atoms with Crippen LogP contribution in [-0.2, 0) is 34.5 Å². The SMILES string of the molecule is CCNC(=NCC1(c2ccc(F)cc2)CCOCC1)NC1CCc2nc(COC)nn2C1. The Labute approximate surface area is 188 Å². The van der Waals surface area contributed by atoms with Gasteiger partial charge >= 0.3 is 0 Å². The number of benzene rings is 1. The number of halogens is 1. The number of ether oxygens (including phenoxy) is 2. The van der Waals surface area contributed by atoms with Crippen LogP contribution in [0.25, 0.3) is 0 Å². The van der Waals surface area contributed by atoms with Gasteiger partial charge in [0.15, 0.2) is 11.8 Å². The third-order valence-electron chi connectivity index (χ3n) is 6.31. The summed E-state index contributed by atoms with van der Waals surface area (Å²) < 4.78 is 26.3. The minimum absolute atomic E-state index is 0.144. The van der Waals surface area contributed by atoms with Gasteiger partial charge in [-0.3, -0.25) is 4.99 Å². The highest BCUT2D eigenvalue weighted by molar-refractivity contribution is 5.80. The molecular weight excluding hydrogens is 411 g/mol. The van der Waals surface area contributed by atoms with Crippen molar-refractivity contribution in [2.75, 3.05) is 33.4 Å². The highest BCUT2D eigenvalue weighted by Gasteiger charge is 2.34. The number of methoxy groups -OCH3 is 1. The first kappa shape index (κ1) is 22.7. The van der Waals surface area contributed by atoms with E-state index in [1.54, 1.807) is 7.11 Å². The lowest BCUT2D eigenvalue weighted by Gasteiger charge is -2.37. The maximum atomic E-state index is 13.5. The van der Waals surface area contributed by atoms with Crippen LogP contribution in [0.5, 0.6) is 0 Å². The molecule has 1 atom stereocenters. The molecule has 32 heavy (non-hydrogen) atoms. The molecule has 0 aliphatic carbocycles. The van der Waals surface area contributed by atoms with Crippen molar-refractivity contribution >= 4 is 5.96 Å². The Hall–Kier alpha value is -2.52. The van der Waals surface area contributed by atoms with E-state index in [1.807, 2.05) is 16.8 Å². The standard InChI is InChI=1S/C23H33FN6O2/c1-3-25-22(27-19-8-9-21-28-20(15-31-2)29-30(21)14-19)26-16-23(10-12-32-13-11-23)17-4-6-18(24)7-5-17/h4-7,19H,3,8-16H2,1-2H3,(H2,25,26,27). The number of rotatable bonds is 7. The van der Waals surface area contributed by atoms with Crippen molar-refractivity contribution in [2.24, 2.45) is 4.99 Å². The second-order valence-electron chi connectivity index (χ2n) is 8.53. The molecule has 0 radical (unpaired) electrons. The zero-order valence-electron chi connectivity index (χ0n) is 18.9. The van der Waals surface area contributed by atoms with E-state index in [2.05, 4.69) is 27.6 Å². The van der Waals surface area contributed by atoms with Gasteiger partial charge in [-0.05, 0) is 43.9 Å². The van der Waals surface area contributed by atoms with Gasteiger partial charge in [-0.25, -0.2) is 14.1 Å². The maximum absolute atomic E-state index is 13.5. The molecule has 1 aromatic heterocycles. The number of nitrogens with one attached hydrogen (secondary N) is 2. The quantitative estimate of drug-likeness (QED) is 0.503. The number of aliphatic imine (C=N–C) groups is 1. The van der Waals surface area contributed by atoms with Gasteiger partial charge in [0.2, 0.25) is 0 Å². The van der Waals surface area contributed by atoms with Crippen molar-refractivity contribution in [1.29, 1.82) is 0 Å². The molecule has 2 aliphatic rings. The van der Waals surface area contributed by atoms with Crippen molar-refractivity contribution < 1.29 is 13.9 Å². The normalized spacial score (nSPS) is 20.6. The van der Waals surface area contributed by atoms with Gasteiger partial charge in [0.05, 0.1) is 13.1 Å². The Balaban J connectivity index is 1.47. The summed E-state index contributed by atoms with van der Waals surface area (Å²) in [7, 11) is 1.65. The molecule has 1 fully saturated rings. The molecule has 0 amide bonds. The highest BCUT2D eigenvalue weighted by Crippen LogP contribution is 2.35. The van der Waals surface area contributed by atoms with Gasteiger partial charge in [0.1, 0.15) is 18.2 Å². The Kier molecular flexibility index (Phi) is 7.36. The van der Waals surface area contributed by atoms with Gasteiger partial charge in [-0.15, -0.1) is 0 Å². The molecule has 1 aromatic carbocycles. The summed E-state index contributed by atoms with van der Waals surface area (Å²) in [5.41, 5.74) is 0.979. The second kappa shape index (κ2) is 10.4. The van der Waals surface area contributed by atoms with Gasteiger partial charge in [-0.2, -0.15) is 5.10 Å². The summed E-state index contributed by atoms with van der Waals surface area (Å²) in [6, 6.07) is 7.07. The highest BCUT2D eigenvalue weighted by atomic mass is 19.1. The summed E-state index contributed by atoms with van der Waals surface area (Å²) in [4.78, 5) is 9.52. The van der Waals surface area contributed by atoms with Crippen molar-refractivity contribution in [3.8, 4) is 0 Å². The number of aryl methyl sites for hydroxylation is 1. The molecule has 1 saturated heterocycles. The number of fused-ring (bicyclic) bond motifs is 1. The first-order chi connectivity index (χ1) is 15.6. The van der Waals surface area contributed by atoms with Crippen LogP contribution in [0.2, 0.25) is 0 Å². The average Bonchev–Trinajstić information content (AvgIpc) is 3.21. The van der Waals surface area contributed by atoms with Crippen LogP contribution in [0.1, 0.15) is 43.4 Å². The summed E-state index contributed by atoms with van der Waals surface area (Å²) in [6.07, 6.45) is 3.57. The largest absolute Gasteiger partial charge is 0.381 e. The molecule has 2 aromatic rings. The van der Waals surface area contributed by atoms with E-state index in [1.165, 1.54) is 12.1 Å². The summed E-state index contributed by atoms with van der Waals surface area (Å²) >= 11 is 0. The minimum Gasteiger partial charge on any atom is -0.381 e. The fourth-order valence-electron chi connectivity index (χ4n) is 4.52. The topological polar surface area (TPSA) is 85.6 Å². The number of nitrogens with zero attached hydrogens (tertiary/aromatic N) is 4. The zero-order chi connectivity index (χ0) is 22.4. The molecule has 0 bridgehead atoms. The summed E-state index contributed by atoms with van der Waals surface area (Å²) in [5, 5.41) is 11.5. The number of guanidine groups is 1. The van der Waals surface area contributed by atoms with Crippen molar-refractivity contribution in [1.82, 2.24) is 25.4 Å². The predicted molar refractivity (Wildman–Crippen MR) is 120 cm³/mol. The summed E-state index contributed by atoms with van der Waals surface area (Å²) in [5.74, 6) is 2.32. The van der Waals surface area contributed by atoms with Crippen LogP contribution in [0.4, 0.5) is 4.39 Å². The molecular formula is C23H33FN6O2. The first-order valence-corrected chi connectivity index (χ1v) is 11.4. The average molecular weight is 445 g/mol. The predicted octanol–water partition coefficient (Wildman–Crippen LogP) is 2.18. The molecule has 4 rings (SSSR count). The second-order valence-corrected chi connectivity index (χ2v) is 8.53. The minimum atomic E-state index is -0.215. The molecule has 0 spiro atoms. The van der Waals surface area contributed by atoms with Gasteiger partial charge in [-0.1, -0.05) is 12.1 Å². The summed E-state index contributed by atoms with van der Waals surface area (Å²) in [6.45, 7) is 6.02. The number of hydrogen-bond acceptors (Lipinski definition) is 5. The lowest BCUT2D eigenvalue weighted by atomic mass is 9.74.